The molecular formula is C23H18ClN3O4S. The van der Waals surface area contributed by atoms with Crippen LogP contribution in [0.2, 0.25) is 5.02 Å². The number of carbonyl (C=O) groups is 1. The van der Waals surface area contributed by atoms with Crippen LogP contribution in [0.15, 0.2) is 93.3 Å². The quantitative estimate of drug-likeness (QED) is 0.423. The van der Waals surface area contributed by atoms with E-state index in [0.29, 0.717) is 21.7 Å². The molecule has 0 saturated carbocycles. The molecule has 0 spiro atoms. The first kappa shape index (κ1) is 21.6. The number of rotatable bonds is 5. The number of halogens is 1. The Bertz CT molecular complexity index is 1480. The summed E-state index contributed by atoms with van der Waals surface area (Å²) < 4.78 is 30.8. The number of fused-ring (bicyclic) bond motifs is 1. The molecule has 0 saturated heterocycles. The van der Waals surface area contributed by atoms with E-state index in [1.165, 1.54) is 12.1 Å². The SMILES string of the molecule is Cc1ccc(NC(=O)c2cc3ccccc3oc2=NNS(=O)(=O)c2ccccc2)cc1Cl. The number of hydrogen-bond donors (Lipinski definition) is 2. The summed E-state index contributed by atoms with van der Waals surface area (Å²) in [6, 6.07) is 21.5. The lowest BCUT2D eigenvalue weighted by Gasteiger charge is -2.08. The summed E-state index contributed by atoms with van der Waals surface area (Å²) in [5.41, 5.74) is 1.67. The van der Waals surface area contributed by atoms with Gasteiger partial charge in [-0.15, -0.1) is 5.10 Å². The van der Waals surface area contributed by atoms with Gasteiger partial charge in [-0.3, -0.25) is 4.79 Å². The van der Waals surface area contributed by atoms with Crippen molar-refractivity contribution in [3.05, 3.63) is 101 Å². The van der Waals surface area contributed by atoms with Gasteiger partial charge in [0, 0.05) is 16.1 Å². The molecule has 4 aromatic rings. The second-order valence-electron chi connectivity index (χ2n) is 6.94. The Labute approximate surface area is 189 Å². The molecule has 4 rings (SSSR count). The monoisotopic (exact) mass is 467 g/mol. The van der Waals surface area contributed by atoms with Crippen LogP contribution in [0.5, 0.6) is 0 Å². The van der Waals surface area contributed by atoms with Crippen molar-refractivity contribution in [1.82, 2.24) is 4.83 Å². The van der Waals surface area contributed by atoms with Gasteiger partial charge in [0.25, 0.3) is 15.9 Å². The van der Waals surface area contributed by atoms with Crippen LogP contribution in [0, 0.1) is 6.92 Å². The maximum absolute atomic E-state index is 13.0. The Hall–Kier alpha value is -3.62. The van der Waals surface area contributed by atoms with Gasteiger partial charge in [-0.05, 0) is 48.9 Å². The van der Waals surface area contributed by atoms with E-state index in [1.54, 1.807) is 66.7 Å². The van der Waals surface area contributed by atoms with Crippen LogP contribution in [-0.4, -0.2) is 14.3 Å². The minimum absolute atomic E-state index is 0.0323. The number of nitrogens with zero attached hydrogens (tertiary/aromatic N) is 1. The van der Waals surface area contributed by atoms with E-state index in [-0.39, 0.29) is 16.0 Å². The summed E-state index contributed by atoms with van der Waals surface area (Å²) in [6.45, 7) is 1.85. The van der Waals surface area contributed by atoms with Gasteiger partial charge in [-0.2, -0.15) is 13.2 Å². The second-order valence-corrected chi connectivity index (χ2v) is 9.01. The first-order valence-corrected chi connectivity index (χ1v) is 11.4. The Kier molecular flexibility index (Phi) is 5.98. The van der Waals surface area contributed by atoms with Crippen molar-refractivity contribution in [2.24, 2.45) is 5.10 Å². The number of hydrogen-bond acceptors (Lipinski definition) is 5. The molecule has 162 valence electrons. The molecule has 0 aliphatic carbocycles. The Morgan fingerprint density at radius 3 is 2.44 bits per heavy atom. The van der Waals surface area contributed by atoms with Crippen molar-refractivity contribution in [3.63, 3.8) is 0 Å². The molecule has 0 aliphatic heterocycles. The van der Waals surface area contributed by atoms with Gasteiger partial charge < -0.3 is 9.73 Å². The zero-order valence-corrected chi connectivity index (χ0v) is 18.4. The average molecular weight is 468 g/mol. The molecule has 7 nitrogen and oxygen atoms in total. The van der Waals surface area contributed by atoms with Crippen molar-refractivity contribution in [1.29, 1.82) is 0 Å². The Balaban J connectivity index is 1.75. The molecule has 0 radical (unpaired) electrons. The summed E-state index contributed by atoms with van der Waals surface area (Å²) in [6.07, 6.45) is 0. The third-order valence-electron chi connectivity index (χ3n) is 4.65. The Morgan fingerprint density at radius 2 is 1.69 bits per heavy atom. The molecule has 1 heterocycles. The normalized spacial score (nSPS) is 12.0. The molecule has 9 heteroatoms. The maximum Gasteiger partial charge on any atom is 0.276 e. The van der Waals surface area contributed by atoms with Crippen molar-refractivity contribution < 1.29 is 17.6 Å². The lowest BCUT2D eigenvalue weighted by molar-refractivity contribution is 0.102. The summed E-state index contributed by atoms with van der Waals surface area (Å²) in [5.74, 6) is -0.530. The third kappa shape index (κ3) is 4.66. The van der Waals surface area contributed by atoms with Gasteiger partial charge in [0.1, 0.15) is 11.1 Å². The fraction of sp³-hybridized carbons (Fsp3) is 0.0435. The smallest absolute Gasteiger partial charge is 0.276 e. The fourth-order valence-electron chi connectivity index (χ4n) is 2.94. The number of amides is 1. The molecule has 0 bridgehead atoms. The second kappa shape index (κ2) is 8.86. The number of aryl methyl sites for hydroxylation is 1. The van der Waals surface area contributed by atoms with Crippen molar-refractivity contribution in [2.75, 3.05) is 5.32 Å². The van der Waals surface area contributed by atoms with Crippen LogP contribution in [0.1, 0.15) is 15.9 Å². The lowest BCUT2D eigenvalue weighted by atomic mass is 10.1. The highest BCUT2D eigenvalue weighted by molar-refractivity contribution is 7.89. The van der Waals surface area contributed by atoms with Crippen LogP contribution in [-0.2, 0) is 10.0 Å². The number of para-hydroxylation sites is 1. The van der Waals surface area contributed by atoms with Gasteiger partial charge >= 0.3 is 0 Å². The standard InChI is InChI=1S/C23H18ClN3O4S/c1-15-11-12-17(14-20(15)24)25-22(28)19-13-16-7-5-6-10-21(16)31-23(19)26-27-32(29,30)18-8-3-2-4-9-18/h2-14,27H,1H3,(H,25,28). The lowest BCUT2D eigenvalue weighted by Crippen LogP contribution is -2.27. The van der Waals surface area contributed by atoms with Crippen LogP contribution in [0.25, 0.3) is 11.0 Å². The highest BCUT2D eigenvalue weighted by atomic mass is 35.5. The average Bonchev–Trinajstić information content (AvgIpc) is 2.80. The molecule has 0 fully saturated rings. The highest BCUT2D eigenvalue weighted by Crippen LogP contribution is 2.21. The predicted molar refractivity (Wildman–Crippen MR) is 123 cm³/mol. The van der Waals surface area contributed by atoms with Gasteiger partial charge in [0.15, 0.2) is 0 Å². The van der Waals surface area contributed by atoms with Crippen LogP contribution < -0.4 is 15.7 Å². The van der Waals surface area contributed by atoms with Crippen molar-refractivity contribution in [2.45, 2.75) is 11.8 Å². The van der Waals surface area contributed by atoms with E-state index in [1.807, 2.05) is 6.92 Å². The van der Waals surface area contributed by atoms with Gasteiger partial charge in [-0.1, -0.05) is 54.1 Å². The molecule has 0 unspecified atom stereocenters. The third-order valence-corrected chi connectivity index (χ3v) is 6.28. The van der Waals surface area contributed by atoms with Gasteiger partial charge in [0.2, 0.25) is 5.55 Å². The number of anilines is 1. The van der Waals surface area contributed by atoms with Crippen molar-refractivity contribution in [3.8, 4) is 0 Å². The topological polar surface area (TPSA) is 101 Å². The number of benzene rings is 3. The van der Waals surface area contributed by atoms with Crippen LogP contribution in [0.4, 0.5) is 5.69 Å². The zero-order valence-electron chi connectivity index (χ0n) is 16.9. The number of nitrogens with one attached hydrogen (secondary N) is 2. The molecule has 0 atom stereocenters. The zero-order chi connectivity index (χ0) is 22.7. The molecule has 1 amide bonds. The summed E-state index contributed by atoms with van der Waals surface area (Å²) >= 11 is 6.15. The minimum atomic E-state index is -3.95. The molecular weight excluding hydrogens is 450 g/mol. The minimum Gasteiger partial charge on any atom is -0.436 e. The first-order chi connectivity index (χ1) is 15.3. The van der Waals surface area contributed by atoms with E-state index < -0.39 is 15.9 Å². The first-order valence-electron chi connectivity index (χ1n) is 9.54. The van der Waals surface area contributed by atoms with E-state index in [0.717, 1.165) is 5.56 Å². The summed E-state index contributed by atoms with van der Waals surface area (Å²) in [5, 5.41) is 7.81. The Morgan fingerprint density at radius 1 is 0.969 bits per heavy atom. The molecule has 0 aliphatic rings. The number of carbonyl (C=O) groups excluding carboxylic acids is 1. The highest BCUT2D eigenvalue weighted by Gasteiger charge is 2.16. The van der Waals surface area contributed by atoms with Crippen LogP contribution >= 0.6 is 11.6 Å². The van der Waals surface area contributed by atoms with E-state index in [4.69, 9.17) is 16.0 Å². The molecule has 1 aromatic heterocycles. The van der Waals surface area contributed by atoms with E-state index in [2.05, 4.69) is 15.2 Å². The van der Waals surface area contributed by atoms with Crippen LogP contribution in [0.3, 0.4) is 0 Å². The predicted octanol–water partition coefficient (Wildman–Crippen LogP) is 4.44. The van der Waals surface area contributed by atoms with Gasteiger partial charge in [0.05, 0.1) is 4.90 Å². The molecule has 32 heavy (non-hydrogen) atoms. The largest absolute Gasteiger partial charge is 0.436 e. The van der Waals surface area contributed by atoms with Gasteiger partial charge in [-0.25, -0.2) is 0 Å². The fourth-order valence-corrected chi connectivity index (χ4v) is 3.94. The van der Waals surface area contributed by atoms with E-state index in [9.17, 15) is 13.2 Å². The maximum atomic E-state index is 13.0. The molecule has 3 aromatic carbocycles. The molecule has 2 N–H and O–H groups in total. The van der Waals surface area contributed by atoms with E-state index >= 15 is 0 Å². The van der Waals surface area contributed by atoms with Crippen molar-refractivity contribution >= 4 is 44.2 Å². The number of sulfonamides is 1. The summed E-state index contributed by atoms with van der Waals surface area (Å²) in [4.78, 5) is 15.2. The summed E-state index contributed by atoms with van der Waals surface area (Å²) in [7, 11) is -3.95.